The van der Waals surface area contributed by atoms with Crippen LogP contribution in [-0.4, -0.2) is 23.0 Å². The standard InChI is InChI=1S/C20H15ClN4O2/c21-18-9-2-1-8-17(18)20(27)24-16-7-3-6-15(11-16)19(26)25-23-13-14-5-4-10-22-12-14/h1-13H,(H,24,27)(H,25,26)/b23-13-. The van der Waals surface area contributed by atoms with Crippen molar-refractivity contribution >= 4 is 35.3 Å². The number of carbonyl (C=O) groups is 2. The lowest BCUT2D eigenvalue weighted by Gasteiger charge is -2.08. The molecule has 6 nitrogen and oxygen atoms in total. The first kappa shape index (κ1) is 18.3. The normalized spacial score (nSPS) is 10.6. The minimum absolute atomic E-state index is 0.354. The summed E-state index contributed by atoms with van der Waals surface area (Å²) in [6, 6.07) is 16.9. The van der Waals surface area contributed by atoms with E-state index in [1.165, 1.54) is 6.21 Å². The largest absolute Gasteiger partial charge is 0.322 e. The average molecular weight is 379 g/mol. The lowest BCUT2D eigenvalue weighted by molar-refractivity contribution is 0.0953. The van der Waals surface area contributed by atoms with E-state index in [-0.39, 0.29) is 5.91 Å². The number of pyridine rings is 1. The first-order valence-corrected chi connectivity index (χ1v) is 8.40. The topological polar surface area (TPSA) is 83.4 Å². The fourth-order valence-corrected chi connectivity index (χ4v) is 2.49. The number of amides is 2. The van der Waals surface area contributed by atoms with Gasteiger partial charge in [0.05, 0.1) is 16.8 Å². The fraction of sp³-hybridized carbons (Fsp3) is 0. The second-order valence-corrected chi connectivity index (χ2v) is 5.91. The Morgan fingerprint density at radius 1 is 1.00 bits per heavy atom. The summed E-state index contributed by atoms with van der Waals surface area (Å²) in [5.74, 6) is -0.753. The third-order valence-corrected chi connectivity index (χ3v) is 3.89. The Bertz CT molecular complexity index is 990. The third kappa shape index (κ3) is 4.99. The van der Waals surface area contributed by atoms with Crippen molar-refractivity contribution in [3.63, 3.8) is 0 Å². The quantitative estimate of drug-likeness (QED) is 0.524. The van der Waals surface area contributed by atoms with Crippen molar-refractivity contribution in [3.8, 4) is 0 Å². The van der Waals surface area contributed by atoms with Crippen LogP contribution in [0.25, 0.3) is 0 Å². The molecule has 0 aliphatic rings. The Kier molecular flexibility index (Phi) is 5.91. The first-order valence-electron chi connectivity index (χ1n) is 8.03. The molecule has 2 amide bonds. The van der Waals surface area contributed by atoms with E-state index in [9.17, 15) is 9.59 Å². The maximum atomic E-state index is 12.3. The number of hydrazone groups is 1. The minimum Gasteiger partial charge on any atom is -0.322 e. The van der Waals surface area contributed by atoms with Crippen molar-refractivity contribution in [3.05, 3.63) is 94.8 Å². The van der Waals surface area contributed by atoms with Crippen molar-refractivity contribution < 1.29 is 9.59 Å². The predicted octanol–water partition coefficient (Wildman–Crippen LogP) is 3.75. The van der Waals surface area contributed by atoms with Crippen LogP contribution in [0.15, 0.2) is 78.2 Å². The van der Waals surface area contributed by atoms with E-state index in [2.05, 4.69) is 20.8 Å². The van der Waals surface area contributed by atoms with Crippen LogP contribution in [0.5, 0.6) is 0 Å². The SMILES string of the molecule is O=C(N/N=C\c1cccnc1)c1cccc(NC(=O)c2ccccc2Cl)c1. The van der Waals surface area contributed by atoms with Crippen LogP contribution in [0.4, 0.5) is 5.69 Å². The molecule has 0 spiro atoms. The molecule has 7 heteroatoms. The number of halogens is 1. The van der Waals surface area contributed by atoms with Crippen LogP contribution in [0.3, 0.4) is 0 Å². The van der Waals surface area contributed by atoms with E-state index < -0.39 is 5.91 Å². The maximum absolute atomic E-state index is 12.3. The number of hydrogen-bond donors (Lipinski definition) is 2. The average Bonchev–Trinajstić information content (AvgIpc) is 2.69. The van der Waals surface area contributed by atoms with Crippen LogP contribution in [-0.2, 0) is 0 Å². The van der Waals surface area contributed by atoms with Gasteiger partial charge in [-0.25, -0.2) is 5.43 Å². The van der Waals surface area contributed by atoms with Crippen LogP contribution in [0.1, 0.15) is 26.3 Å². The fourth-order valence-electron chi connectivity index (χ4n) is 2.26. The zero-order valence-corrected chi connectivity index (χ0v) is 14.9. The number of rotatable bonds is 5. The summed E-state index contributed by atoms with van der Waals surface area (Å²) in [6.45, 7) is 0. The molecule has 1 aromatic heterocycles. The molecular weight excluding hydrogens is 364 g/mol. The molecule has 0 aliphatic carbocycles. The molecular formula is C20H15ClN4O2. The van der Waals surface area contributed by atoms with Crippen molar-refractivity contribution in [2.24, 2.45) is 5.10 Å². The predicted molar refractivity (Wildman–Crippen MR) is 105 cm³/mol. The highest BCUT2D eigenvalue weighted by molar-refractivity contribution is 6.34. The second kappa shape index (κ2) is 8.73. The van der Waals surface area contributed by atoms with Crippen LogP contribution < -0.4 is 10.7 Å². The van der Waals surface area contributed by atoms with Gasteiger partial charge in [-0.3, -0.25) is 14.6 Å². The summed E-state index contributed by atoms with van der Waals surface area (Å²) in [5, 5.41) is 6.98. The van der Waals surface area contributed by atoms with Gasteiger partial charge in [-0.1, -0.05) is 35.9 Å². The van der Waals surface area contributed by atoms with Gasteiger partial charge in [0.15, 0.2) is 0 Å². The highest BCUT2D eigenvalue weighted by atomic mass is 35.5. The summed E-state index contributed by atoms with van der Waals surface area (Å²) >= 11 is 6.03. The zero-order valence-electron chi connectivity index (χ0n) is 14.1. The van der Waals surface area contributed by atoms with Gasteiger partial charge < -0.3 is 5.32 Å². The number of aromatic nitrogens is 1. The molecule has 27 heavy (non-hydrogen) atoms. The molecule has 0 saturated carbocycles. The lowest BCUT2D eigenvalue weighted by atomic mass is 10.1. The van der Waals surface area contributed by atoms with Crippen LogP contribution in [0.2, 0.25) is 5.02 Å². The number of carbonyl (C=O) groups excluding carboxylic acids is 2. The minimum atomic E-state index is -0.399. The molecule has 0 atom stereocenters. The van der Waals surface area contributed by atoms with Gasteiger partial charge in [-0.15, -0.1) is 0 Å². The van der Waals surface area contributed by atoms with E-state index in [1.54, 1.807) is 67.0 Å². The molecule has 0 fully saturated rings. The molecule has 0 saturated heterocycles. The zero-order chi connectivity index (χ0) is 19.1. The Labute approximate surface area is 160 Å². The Morgan fingerprint density at radius 2 is 1.85 bits per heavy atom. The Morgan fingerprint density at radius 3 is 2.63 bits per heavy atom. The van der Waals surface area contributed by atoms with Gasteiger partial charge in [0.1, 0.15) is 0 Å². The lowest BCUT2D eigenvalue weighted by Crippen LogP contribution is -2.18. The number of nitrogens with one attached hydrogen (secondary N) is 2. The van der Waals surface area contributed by atoms with Crippen LogP contribution >= 0.6 is 11.6 Å². The molecule has 134 valence electrons. The number of hydrogen-bond acceptors (Lipinski definition) is 4. The van der Waals surface area contributed by atoms with E-state index in [0.29, 0.717) is 21.8 Å². The Hall–Kier alpha value is -3.51. The molecule has 0 bridgehead atoms. The summed E-state index contributed by atoms with van der Waals surface area (Å²) in [5.41, 5.74) is 4.39. The molecule has 3 aromatic rings. The molecule has 0 unspecified atom stereocenters. The van der Waals surface area contributed by atoms with Gasteiger partial charge in [0.25, 0.3) is 11.8 Å². The number of nitrogens with zero attached hydrogens (tertiary/aromatic N) is 2. The Balaban J connectivity index is 1.66. The van der Waals surface area contributed by atoms with E-state index in [1.807, 2.05) is 6.07 Å². The van der Waals surface area contributed by atoms with Crippen molar-refractivity contribution in [1.82, 2.24) is 10.4 Å². The smallest absolute Gasteiger partial charge is 0.271 e. The second-order valence-electron chi connectivity index (χ2n) is 5.50. The van der Waals surface area contributed by atoms with E-state index in [0.717, 1.165) is 5.56 Å². The van der Waals surface area contributed by atoms with E-state index >= 15 is 0 Å². The monoisotopic (exact) mass is 378 g/mol. The van der Waals surface area contributed by atoms with Crippen molar-refractivity contribution in [1.29, 1.82) is 0 Å². The highest BCUT2D eigenvalue weighted by Gasteiger charge is 2.11. The highest BCUT2D eigenvalue weighted by Crippen LogP contribution is 2.18. The molecule has 3 rings (SSSR count). The number of anilines is 1. The third-order valence-electron chi connectivity index (χ3n) is 3.57. The van der Waals surface area contributed by atoms with Gasteiger partial charge in [-0.05, 0) is 36.4 Å². The van der Waals surface area contributed by atoms with Crippen LogP contribution in [0, 0.1) is 0 Å². The number of benzene rings is 2. The van der Waals surface area contributed by atoms with Crippen molar-refractivity contribution in [2.45, 2.75) is 0 Å². The molecule has 2 N–H and O–H groups in total. The maximum Gasteiger partial charge on any atom is 0.271 e. The molecule has 0 radical (unpaired) electrons. The summed E-state index contributed by atoms with van der Waals surface area (Å²) in [7, 11) is 0. The van der Waals surface area contributed by atoms with Gasteiger partial charge in [0, 0.05) is 29.2 Å². The van der Waals surface area contributed by atoms with Gasteiger partial charge in [0.2, 0.25) is 0 Å². The van der Waals surface area contributed by atoms with Gasteiger partial charge in [-0.2, -0.15) is 5.10 Å². The molecule has 0 aliphatic heterocycles. The summed E-state index contributed by atoms with van der Waals surface area (Å²) in [4.78, 5) is 28.5. The van der Waals surface area contributed by atoms with E-state index in [4.69, 9.17) is 11.6 Å². The molecule has 1 heterocycles. The summed E-state index contributed by atoms with van der Waals surface area (Å²) < 4.78 is 0. The molecule has 2 aromatic carbocycles. The summed E-state index contributed by atoms with van der Waals surface area (Å²) in [6.07, 6.45) is 4.77. The first-order chi connectivity index (χ1) is 13.1. The van der Waals surface area contributed by atoms with Gasteiger partial charge >= 0.3 is 0 Å². The van der Waals surface area contributed by atoms with Crippen molar-refractivity contribution in [2.75, 3.05) is 5.32 Å².